The van der Waals surface area contributed by atoms with Crippen LogP contribution in [0.3, 0.4) is 0 Å². The average molecular weight is 836 g/mol. The molecule has 5 aromatic rings. The fourth-order valence-corrected chi connectivity index (χ4v) is 7.97. The molecule has 2 aliphatic heterocycles. The minimum atomic E-state index is -0.341. The number of pyridine rings is 1. The van der Waals surface area contributed by atoms with Gasteiger partial charge in [-0.2, -0.15) is 47.5 Å². The zero-order valence-electron chi connectivity index (χ0n) is 29.9. The van der Waals surface area contributed by atoms with Crippen LogP contribution < -0.4 is 14.7 Å². The van der Waals surface area contributed by atoms with Gasteiger partial charge in [0.1, 0.15) is 5.82 Å². The number of allylic oxidation sites excluding steroid dienone is 2. The van der Waals surface area contributed by atoms with Crippen molar-refractivity contribution >= 4 is 28.6 Å². The van der Waals surface area contributed by atoms with Crippen molar-refractivity contribution in [3.8, 4) is 11.1 Å². The standard InChI is InChI=1S/C45H44N4.Pt/c1-30-14-12-15-31(2)43(30)32-24-25-46-42(26-32)49-38-19-9-8-18-36(38)37-23-22-34(28-41(37)49)45(6,7)33-16-13-17-35(27-33)47-29-48(44(3,4)5)40-21-11-10-20-39(40)47;/h8-26,36,38H,29H2,1-7H3;/q-2;+2. The van der Waals surface area contributed by atoms with Crippen molar-refractivity contribution in [3.63, 3.8) is 0 Å². The van der Waals surface area contributed by atoms with E-state index in [-0.39, 0.29) is 44.0 Å². The minimum absolute atomic E-state index is 0. The van der Waals surface area contributed by atoms with Crippen LogP contribution in [-0.4, -0.2) is 23.2 Å². The Morgan fingerprint density at radius 2 is 1.44 bits per heavy atom. The number of aromatic nitrogens is 1. The Kier molecular flexibility index (Phi) is 8.67. The Hall–Kier alpha value is -4.40. The number of rotatable bonds is 5. The number of hydrogen-bond acceptors (Lipinski definition) is 4. The second kappa shape index (κ2) is 12.7. The molecular weight excluding hydrogens is 792 g/mol. The third-order valence-corrected chi connectivity index (χ3v) is 10.7. The topological polar surface area (TPSA) is 22.6 Å². The van der Waals surface area contributed by atoms with E-state index >= 15 is 0 Å². The van der Waals surface area contributed by atoms with Crippen molar-refractivity contribution in [2.24, 2.45) is 0 Å². The van der Waals surface area contributed by atoms with E-state index in [2.05, 4.69) is 185 Å². The van der Waals surface area contributed by atoms with E-state index in [1.165, 1.54) is 39.2 Å². The smallest absolute Gasteiger partial charge is 0.347 e. The van der Waals surface area contributed by atoms with Crippen LogP contribution in [-0.2, 0) is 26.5 Å². The van der Waals surface area contributed by atoms with E-state index < -0.39 is 0 Å². The first-order chi connectivity index (χ1) is 23.5. The Balaban J connectivity index is 0.00000392. The Labute approximate surface area is 312 Å². The second-order valence-electron chi connectivity index (χ2n) is 15.2. The van der Waals surface area contributed by atoms with Gasteiger partial charge in [-0.05, 0) is 92.5 Å². The van der Waals surface area contributed by atoms with Crippen molar-refractivity contribution in [2.45, 2.75) is 71.4 Å². The van der Waals surface area contributed by atoms with Gasteiger partial charge >= 0.3 is 21.1 Å². The van der Waals surface area contributed by atoms with E-state index in [1.54, 1.807) is 0 Å². The first-order valence-electron chi connectivity index (χ1n) is 17.4. The van der Waals surface area contributed by atoms with Crippen LogP contribution in [0.25, 0.3) is 11.1 Å². The molecule has 2 unspecified atom stereocenters. The predicted octanol–water partition coefficient (Wildman–Crippen LogP) is 10.7. The van der Waals surface area contributed by atoms with Crippen molar-refractivity contribution < 1.29 is 21.1 Å². The molecule has 0 spiro atoms. The normalized spacial score (nSPS) is 17.8. The summed E-state index contributed by atoms with van der Waals surface area (Å²) in [7, 11) is 0. The molecule has 0 saturated carbocycles. The largest absolute Gasteiger partial charge is 2.00 e. The summed E-state index contributed by atoms with van der Waals surface area (Å²) >= 11 is 0. The zero-order chi connectivity index (χ0) is 34.1. The maximum atomic E-state index is 4.98. The Morgan fingerprint density at radius 1 is 0.740 bits per heavy atom. The molecule has 2 atom stereocenters. The van der Waals surface area contributed by atoms with Crippen LogP contribution in [0.5, 0.6) is 0 Å². The van der Waals surface area contributed by atoms with Crippen LogP contribution in [0.4, 0.5) is 28.6 Å². The maximum Gasteiger partial charge on any atom is 2.00 e. The van der Waals surface area contributed by atoms with Gasteiger partial charge in [0.2, 0.25) is 0 Å². The van der Waals surface area contributed by atoms with Gasteiger partial charge < -0.3 is 14.7 Å². The van der Waals surface area contributed by atoms with E-state index in [0.717, 1.165) is 35.0 Å². The quantitative estimate of drug-likeness (QED) is 0.165. The summed E-state index contributed by atoms with van der Waals surface area (Å²) in [6.07, 6.45) is 10.9. The molecule has 4 aromatic carbocycles. The van der Waals surface area contributed by atoms with E-state index in [9.17, 15) is 0 Å². The van der Waals surface area contributed by atoms with E-state index in [4.69, 9.17) is 4.98 Å². The molecule has 8 rings (SSSR count). The zero-order valence-corrected chi connectivity index (χ0v) is 32.2. The van der Waals surface area contributed by atoms with Gasteiger partial charge in [0.15, 0.2) is 0 Å². The summed E-state index contributed by atoms with van der Waals surface area (Å²) in [6.45, 7) is 16.6. The van der Waals surface area contributed by atoms with Crippen LogP contribution >= 0.6 is 0 Å². The third kappa shape index (κ3) is 5.62. The minimum Gasteiger partial charge on any atom is -0.347 e. The van der Waals surface area contributed by atoms with Gasteiger partial charge in [0.05, 0.1) is 24.1 Å². The molecule has 0 saturated heterocycles. The van der Waals surface area contributed by atoms with Crippen LogP contribution in [0.15, 0.2) is 115 Å². The number of aryl methyl sites for hydroxylation is 2. The first-order valence-corrected chi connectivity index (χ1v) is 17.4. The Morgan fingerprint density at radius 3 is 2.20 bits per heavy atom. The number of hydrogen-bond donors (Lipinski definition) is 0. The average Bonchev–Trinajstić information content (AvgIpc) is 3.65. The van der Waals surface area contributed by atoms with Gasteiger partial charge in [-0.1, -0.05) is 79.9 Å². The van der Waals surface area contributed by atoms with Crippen LogP contribution in [0, 0.1) is 26.0 Å². The fraction of sp³-hybridized carbons (Fsp3) is 0.267. The summed E-state index contributed by atoms with van der Waals surface area (Å²) in [5.74, 6) is 1.19. The monoisotopic (exact) mass is 835 g/mol. The van der Waals surface area contributed by atoms with E-state index in [0.29, 0.717) is 0 Å². The molecule has 3 heterocycles. The Bertz CT molecular complexity index is 2120. The third-order valence-electron chi connectivity index (χ3n) is 10.7. The molecular formula is C45H44N4Pt. The van der Waals surface area contributed by atoms with Crippen molar-refractivity contribution in [1.82, 2.24) is 4.98 Å². The molecule has 1 aromatic heterocycles. The van der Waals surface area contributed by atoms with Gasteiger partial charge in [-0.25, -0.2) is 4.98 Å². The van der Waals surface area contributed by atoms with Crippen molar-refractivity contribution in [3.05, 3.63) is 155 Å². The molecule has 0 fully saturated rings. The molecule has 1 aliphatic carbocycles. The summed E-state index contributed by atoms with van der Waals surface area (Å²) < 4.78 is 0. The van der Waals surface area contributed by atoms with Gasteiger partial charge in [-0.3, -0.25) is 0 Å². The van der Waals surface area contributed by atoms with Gasteiger partial charge in [0.25, 0.3) is 0 Å². The van der Waals surface area contributed by atoms with Gasteiger partial charge in [-0.15, -0.1) is 11.6 Å². The molecule has 3 aliphatic rings. The molecule has 0 bridgehead atoms. The molecule has 4 nitrogen and oxygen atoms in total. The summed E-state index contributed by atoms with van der Waals surface area (Å²) in [6, 6.07) is 38.8. The fourth-order valence-electron chi connectivity index (χ4n) is 7.97. The number of benzene rings is 4. The number of anilines is 5. The first kappa shape index (κ1) is 34.1. The van der Waals surface area contributed by atoms with Crippen LogP contribution in [0.1, 0.15) is 68.4 Å². The molecule has 50 heavy (non-hydrogen) atoms. The number of nitrogens with zero attached hydrogens (tertiary/aromatic N) is 4. The van der Waals surface area contributed by atoms with E-state index in [1.807, 2.05) is 6.20 Å². The van der Waals surface area contributed by atoms with Crippen molar-refractivity contribution in [2.75, 3.05) is 21.4 Å². The second-order valence-corrected chi connectivity index (χ2v) is 15.2. The summed E-state index contributed by atoms with van der Waals surface area (Å²) in [4.78, 5) is 12.2. The predicted molar refractivity (Wildman–Crippen MR) is 204 cm³/mol. The summed E-state index contributed by atoms with van der Waals surface area (Å²) in [5, 5.41) is 0. The molecule has 0 amide bonds. The molecule has 254 valence electrons. The molecule has 0 radical (unpaired) electrons. The molecule has 0 N–H and O–H groups in total. The summed E-state index contributed by atoms with van der Waals surface area (Å²) in [5.41, 5.74) is 12.9. The number of para-hydroxylation sites is 2. The maximum absolute atomic E-state index is 4.98. The number of fused-ring (bicyclic) bond motifs is 4. The van der Waals surface area contributed by atoms with Crippen LogP contribution in [0.2, 0.25) is 0 Å². The SMILES string of the molecule is Cc1cccc(C)c1-c1ccnc(N2c3[c-]c(C(C)(C)c4[c-]c(N5CN(C(C)(C)C)c6ccccc65)ccc4)ccc3C3C=CC=CC32)c1.[Pt+2]. The van der Waals surface area contributed by atoms with Crippen molar-refractivity contribution in [1.29, 1.82) is 0 Å². The molecule has 5 heteroatoms. The van der Waals surface area contributed by atoms with Gasteiger partial charge in [0, 0.05) is 11.7 Å².